The highest BCUT2D eigenvalue weighted by Gasteiger charge is 2.12. The molecule has 0 aliphatic rings. The summed E-state index contributed by atoms with van der Waals surface area (Å²) in [4.78, 5) is 0. The van der Waals surface area contributed by atoms with Crippen LogP contribution in [-0.2, 0) is 6.42 Å². The number of rotatable bonds is 4. The predicted molar refractivity (Wildman–Crippen MR) is 60.1 cm³/mol. The van der Waals surface area contributed by atoms with Gasteiger partial charge in [-0.05, 0) is 23.5 Å². The van der Waals surface area contributed by atoms with Gasteiger partial charge in [-0.3, -0.25) is 11.3 Å². The summed E-state index contributed by atoms with van der Waals surface area (Å²) in [5, 5.41) is 5.92. The zero-order valence-corrected chi connectivity index (χ0v) is 8.95. The Morgan fingerprint density at radius 2 is 2.13 bits per heavy atom. The van der Waals surface area contributed by atoms with Gasteiger partial charge in [-0.25, -0.2) is 0 Å². The van der Waals surface area contributed by atoms with Gasteiger partial charge < -0.3 is 0 Å². The lowest BCUT2D eigenvalue weighted by molar-refractivity contribution is 0.537. The van der Waals surface area contributed by atoms with Crippen LogP contribution >= 0.6 is 11.5 Å². The molecule has 1 heterocycles. The first-order valence-corrected chi connectivity index (χ1v) is 5.51. The highest BCUT2D eigenvalue weighted by Crippen LogP contribution is 2.15. The number of hydrazine groups is 1. The van der Waals surface area contributed by atoms with Gasteiger partial charge in [0, 0.05) is 5.38 Å². The van der Waals surface area contributed by atoms with Crippen LogP contribution < -0.4 is 11.3 Å². The minimum absolute atomic E-state index is 0.0335. The van der Waals surface area contributed by atoms with Crippen LogP contribution in [0.1, 0.15) is 17.3 Å². The van der Waals surface area contributed by atoms with E-state index in [0.29, 0.717) is 0 Å². The van der Waals surface area contributed by atoms with E-state index >= 15 is 0 Å². The monoisotopic (exact) mass is 220 g/mol. The summed E-state index contributed by atoms with van der Waals surface area (Å²) in [5.41, 5.74) is 4.88. The summed E-state index contributed by atoms with van der Waals surface area (Å²) in [7, 11) is 0. The fourth-order valence-electron chi connectivity index (χ4n) is 1.42. The van der Waals surface area contributed by atoms with E-state index in [2.05, 4.69) is 27.1 Å². The zero-order chi connectivity index (χ0) is 10.5. The molecule has 2 rings (SSSR count). The van der Waals surface area contributed by atoms with E-state index < -0.39 is 0 Å². The maximum absolute atomic E-state index is 5.50. The van der Waals surface area contributed by atoms with Crippen molar-refractivity contribution >= 4 is 11.5 Å². The number of nitrogens with two attached hydrogens (primary N) is 1. The van der Waals surface area contributed by atoms with Gasteiger partial charge >= 0.3 is 0 Å². The molecule has 5 heteroatoms. The molecule has 0 amide bonds. The summed E-state index contributed by atoms with van der Waals surface area (Å²) < 4.78 is 3.83. The van der Waals surface area contributed by atoms with E-state index in [1.807, 2.05) is 23.6 Å². The van der Waals surface area contributed by atoms with E-state index in [1.165, 1.54) is 17.1 Å². The van der Waals surface area contributed by atoms with Crippen molar-refractivity contribution in [3.63, 3.8) is 0 Å². The summed E-state index contributed by atoms with van der Waals surface area (Å²) in [6, 6.07) is 10.2. The molecule has 4 nitrogen and oxygen atoms in total. The molecular formula is C10H12N4S. The van der Waals surface area contributed by atoms with Crippen LogP contribution in [0.25, 0.3) is 0 Å². The van der Waals surface area contributed by atoms with Crippen LogP contribution in [0.5, 0.6) is 0 Å². The topological polar surface area (TPSA) is 63.8 Å². The first-order chi connectivity index (χ1) is 7.40. The maximum Gasteiger partial charge on any atom is 0.0941 e. The van der Waals surface area contributed by atoms with Gasteiger partial charge in [-0.15, -0.1) is 5.10 Å². The molecule has 3 N–H and O–H groups in total. The fourth-order valence-corrected chi connectivity index (χ4v) is 1.93. The van der Waals surface area contributed by atoms with Gasteiger partial charge in [0.2, 0.25) is 0 Å². The average molecular weight is 220 g/mol. The van der Waals surface area contributed by atoms with E-state index in [9.17, 15) is 0 Å². The highest BCUT2D eigenvalue weighted by atomic mass is 32.1. The van der Waals surface area contributed by atoms with E-state index in [-0.39, 0.29) is 6.04 Å². The van der Waals surface area contributed by atoms with Gasteiger partial charge in [0.1, 0.15) is 0 Å². The first kappa shape index (κ1) is 10.2. The number of aromatic nitrogens is 2. The lowest BCUT2D eigenvalue weighted by atomic mass is 10.0. The number of benzene rings is 1. The molecule has 0 fully saturated rings. The van der Waals surface area contributed by atoms with E-state index in [0.717, 1.165) is 12.1 Å². The Hall–Kier alpha value is -1.30. The lowest BCUT2D eigenvalue weighted by Gasteiger charge is -2.12. The van der Waals surface area contributed by atoms with Crippen LogP contribution in [0.2, 0.25) is 0 Å². The quantitative estimate of drug-likeness (QED) is 0.602. The van der Waals surface area contributed by atoms with Crippen molar-refractivity contribution in [2.75, 3.05) is 0 Å². The Bertz CT molecular complexity index is 387. The van der Waals surface area contributed by atoms with Crippen molar-refractivity contribution in [3.8, 4) is 0 Å². The third-order valence-corrected chi connectivity index (χ3v) is 2.74. The minimum Gasteiger partial charge on any atom is -0.271 e. The van der Waals surface area contributed by atoms with Crippen LogP contribution in [0.3, 0.4) is 0 Å². The summed E-state index contributed by atoms with van der Waals surface area (Å²) in [6.45, 7) is 0. The molecular weight excluding hydrogens is 208 g/mol. The van der Waals surface area contributed by atoms with Crippen molar-refractivity contribution in [2.24, 2.45) is 5.84 Å². The number of nitrogens with one attached hydrogen (secondary N) is 1. The molecule has 0 aliphatic heterocycles. The smallest absolute Gasteiger partial charge is 0.0941 e. The predicted octanol–water partition coefficient (Wildman–Crippen LogP) is 1.29. The standard InChI is InChI=1S/C10H12N4S/c11-12-9(10-7-15-14-13-10)6-8-4-2-1-3-5-8/h1-5,7,9,12H,6,11H2. The summed E-state index contributed by atoms with van der Waals surface area (Å²) in [5.74, 6) is 5.50. The van der Waals surface area contributed by atoms with E-state index in [4.69, 9.17) is 5.84 Å². The van der Waals surface area contributed by atoms with Crippen molar-refractivity contribution in [1.82, 2.24) is 15.0 Å². The zero-order valence-electron chi connectivity index (χ0n) is 8.13. The molecule has 0 saturated heterocycles. The molecule has 1 atom stereocenters. The highest BCUT2D eigenvalue weighted by molar-refractivity contribution is 7.03. The van der Waals surface area contributed by atoms with Crippen LogP contribution in [0.15, 0.2) is 35.7 Å². The lowest BCUT2D eigenvalue weighted by Crippen LogP contribution is -2.29. The number of nitrogens with zero attached hydrogens (tertiary/aromatic N) is 2. The van der Waals surface area contributed by atoms with Crippen molar-refractivity contribution in [2.45, 2.75) is 12.5 Å². The Kier molecular flexibility index (Phi) is 3.39. The number of hydrogen-bond donors (Lipinski definition) is 2. The van der Waals surface area contributed by atoms with Gasteiger partial charge in [0.25, 0.3) is 0 Å². The Morgan fingerprint density at radius 3 is 2.73 bits per heavy atom. The fraction of sp³-hybridized carbons (Fsp3) is 0.200. The molecule has 2 aromatic rings. The number of hydrogen-bond acceptors (Lipinski definition) is 5. The molecule has 0 spiro atoms. The van der Waals surface area contributed by atoms with Gasteiger partial charge in [-0.1, -0.05) is 34.8 Å². The first-order valence-electron chi connectivity index (χ1n) is 4.67. The molecule has 1 aromatic carbocycles. The SMILES string of the molecule is NNC(Cc1ccccc1)c1csnn1. The molecule has 0 radical (unpaired) electrons. The normalized spacial score (nSPS) is 12.6. The van der Waals surface area contributed by atoms with Gasteiger partial charge in [0.15, 0.2) is 0 Å². The van der Waals surface area contributed by atoms with Gasteiger partial charge in [0.05, 0.1) is 11.7 Å². The van der Waals surface area contributed by atoms with Crippen molar-refractivity contribution in [3.05, 3.63) is 47.0 Å². The third-order valence-electron chi connectivity index (χ3n) is 2.22. The van der Waals surface area contributed by atoms with Gasteiger partial charge in [-0.2, -0.15) is 0 Å². The average Bonchev–Trinajstić information content (AvgIpc) is 2.81. The second-order valence-corrected chi connectivity index (χ2v) is 3.85. The molecule has 1 unspecified atom stereocenters. The molecule has 0 saturated carbocycles. The second kappa shape index (κ2) is 4.97. The Morgan fingerprint density at radius 1 is 1.33 bits per heavy atom. The third kappa shape index (κ3) is 2.59. The largest absolute Gasteiger partial charge is 0.271 e. The minimum atomic E-state index is 0.0335. The molecule has 78 valence electrons. The van der Waals surface area contributed by atoms with Crippen molar-refractivity contribution < 1.29 is 0 Å². The molecule has 0 aliphatic carbocycles. The molecule has 0 bridgehead atoms. The maximum atomic E-state index is 5.50. The van der Waals surface area contributed by atoms with Crippen LogP contribution in [-0.4, -0.2) is 9.59 Å². The second-order valence-electron chi connectivity index (χ2n) is 3.24. The molecule has 1 aromatic heterocycles. The Labute approximate surface area is 92.3 Å². The summed E-state index contributed by atoms with van der Waals surface area (Å²) in [6.07, 6.45) is 0.822. The Balaban J connectivity index is 2.10. The van der Waals surface area contributed by atoms with E-state index in [1.54, 1.807) is 0 Å². The van der Waals surface area contributed by atoms with Crippen LogP contribution in [0.4, 0.5) is 0 Å². The molecule has 15 heavy (non-hydrogen) atoms. The van der Waals surface area contributed by atoms with Crippen LogP contribution in [0, 0.1) is 0 Å². The van der Waals surface area contributed by atoms with Crippen molar-refractivity contribution in [1.29, 1.82) is 0 Å². The summed E-state index contributed by atoms with van der Waals surface area (Å²) >= 11 is 1.34.